The Balaban J connectivity index is 1.56. The first-order valence-corrected chi connectivity index (χ1v) is 8.03. The number of aryl methyl sites for hydroxylation is 2. The highest BCUT2D eigenvalue weighted by molar-refractivity contribution is 5.90. The Hall–Kier alpha value is -2.21. The summed E-state index contributed by atoms with van der Waals surface area (Å²) in [5.74, 6) is 0.745. The van der Waals surface area contributed by atoms with E-state index in [-0.39, 0.29) is 12.0 Å². The van der Waals surface area contributed by atoms with Gasteiger partial charge in [-0.25, -0.2) is 9.67 Å². The maximum Gasteiger partial charge on any atom is 0.224 e. The van der Waals surface area contributed by atoms with Crippen molar-refractivity contribution in [3.63, 3.8) is 0 Å². The Kier molecular flexibility index (Phi) is 4.71. The van der Waals surface area contributed by atoms with Crippen LogP contribution in [0.2, 0.25) is 0 Å². The first-order valence-electron chi connectivity index (χ1n) is 8.03. The van der Waals surface area contributed by atoms with Crippen LogP contribution in [0.25, 0.3) is 5.82 Å². The molecule has 0 saturated carbocycles. The molecule has 3 rings (SSSR count). The van der Waals surface area contributed by atoms with E-state index in [0.29, 0.717) is 12.1 Å². The zero-order valence-electron chi connectivity index (χ0n) is 13.6. The molecular weight excluding hydrogens is 292 g/mol. The number of carbonyl (C=O) groups is 1. The molecule has 0 unspecified atom stereocenters. The third kappa shape index (κ3) is 3.96. The predicted octanol–water partition coefficient (Wildman–Crippen LogP) is 2.78. The topological polar surface area (TPSA) is 69.0 Å². The highest BCUT2D eigenvalue weighted by Crippen LogP contribution is 2.17. The summed E-state index contributed by atoms with van der Waals surface area (Å²) in [7, 11) is 0. The molecule has 1 N–H and O–H groups in total. The van der Waals surface area contributed by atoms with Crippen molar-refractivity contribution in [2.24, 2.45) is 0 Å². The van der Waals surface area contributed by atoms with Gasteiger partial charge in [-0.1, -0.05) is 0 Å². The minimum Gasteiger partial charge on any atom is -0.378 e. The van der Waals surface area contributed by atoms with Crippen LogP contribution in [0.1, 0.15) is 37.1 Å². The van der Waals surface area contributed by atoms with Crippen LogP contribution in [-0.2, 0) is 9.53 Å². The number of rotatable bonds is 5. The van der Waals surface area contributed by atoms with Crippen molar-refractivity contribution in [2.75, 3.05) is 11.9 Å². The molecule has 3 heterocycles. The van der Waals surface area contributed by atoms with Crippen LogP contribution in [0.4, 0.5) is 5.69 Å². The van der Waals surface area contributed by atoms with Crippen molar-refractivity contribution in [1.82, 2.24) is 14.8 Å². The second-order valence-electron chi connectivity index (χ2n) is 5.97. The van der Waals surface area contributed by atoms with Gasteiger partial charge in [0, 0.05) is 18.7 Å². The van der Waals surface area contributed by atoms with Gasteiger partial charge in [-0.15, -0.1) is 0 Å². The summed E-state index contributed by atoms with van der Waals surface area (Å²) in [5.41, 5.74) is 2.69. The smallest absolute Gasteiger partial charge is 0.224 e. The summed E-state index contributed by atoms with van der Waals surface area (Å²) in [6.45, 7) is 4.76. The van der Waals surface area contributed by atoms with Crippen molar-refractivity contribution in [1.29, 1.82) is 0 Å². The minimum absolute atomic E-state index is 0.00108. The van der Waals surface area contributed by atoms with E-state index in [1.165, 1.54) is 0 Å². The Morgan fingerprint density at radius 3 is 2.91 bits per heavy atom. The van der Waals surface area contributed by atoms with Crippen LogP contribution < -0.4 is 5.32 Å². The molecule has 6 heteroatoms. The number of carbonyl (C=O) groups excluding carboxylic acids is 1. The minimum atomic E-state index is 0.00108. The van der Waals surface area contributed by atoms with E-state index in [0.717, 1.165) is 43.1 Å². The van der Waals surface area contributed by atoms with Gasteiger partial charge in [0.15, 0.2) is 5.82 Å². The van der Waals surface area contributed by atoms with Crippen molar-refractivity contribution >= 4 is 11.6 Å². The zero-order valence-corrected chi connectivity index (χ0v) is 13.6. The Labute approximate surface area is 135 Å². The fourth-order valence-electron chi connectivity index (χ4n) is 2.83. The van der Waals surface area contributed by atoms with Crippen molar-refractivity contribution in [3.8, 4) is 5.82 Å². The predicted molar refractivity (Wildman–Crippen MR) is 87.7 cm³/mol. The fraction of sp³-hybridized carbons (Fsp3) is 0.471. The molecule has 122 valence electrons. The zero-order chi connectivity index (χ0) is 16.2. The van der Waals surface area contributed by atoms with E-state index in [4.69, 9.17) is 4.74 Å². The number of aromatic nitrogens is 3. The molecule has 1 aliphatic heterocycles. The molecule has 1 amide bonds. The lowest BCUT2D eigenvalue weighted by atomic mass is 10.1. The third-order valence-electron chi connectivity index (χ3n) is 3.98. The second-order valence-corrected chi connectivity index (χ2v) is 5.97. The molecule has 23 heavy (non-hydrogen) atoms. The highest BCUT2D eigenvalue weighted by Gasteiger charge is 2.16. The van der Waals surface area contributed by atoms with Crippen molar-refractivity contribution in [2.45, 2.75) is 45.6 Å². The molecule has 2 aromatic heterocycles. The molecule has 6 nitrogen and oxygen atoms in total. The number of hydrogen-bond acceptors (Lipinski definition) is 4. The maximum atomic E-state index is 12.0. The van der Waals surface area contributed by atoms with E-state index in [1.807, 2.05) is 32.0 Å². The number of anilines is 1. The third-order valence-corrected chi connectivity index (χ3v) is 3.98. The van der Waals surface area contributed by atoms with Crippen molar-refractivity contribution < 1.29 is 9.53 Å². The van der Waals surface area contributed by atoms with E-state index in [2.05, 4.69) is 15.4 Å². The van der Waals surface area contributed by atoms with Gasteiger partial charge in [-0.3, -0.25) is 4.79 Å². The molecule has 1 aliphatic rings. The van der Waals surface area contributed by atoms with Gasteiger partial charge < -0.3 is 10.1 Å². The van der Waals surface area contributed by atoms with Crippen LogP contribution in [-0.4, -0.2) is 33.4 Å². The number of hydrogen-bond donors (Lipinski definition) is 1. The molecule has 0 aliphatic carbocycles. The van der Waals surface area contributed by atoms with Gasteiger partial charge in [0.2, 0.25) is 5.91 Å². The first kappa shape index (κ1) is 15.7. The number of ether oxygens (including phenoxy) is 1. The van der Waals surface area contributed by atoms with Crippen LogP contribution in [0, 0.1) is 13.8 Å². The quantitative estimate of drug-likeness (QED) is 0.921. The monoisotopic (exact) mass is 314 g/mol. The summed E-state index contributed by atoms with van der Waals surface area (Å²) >= 11 is 0. The summed E-state index contributed by atoms with van der Waals surface area (Å²) in [5, 5.41) is 7.28. The van der Waals surface area contributed by atoms with Gasteiger partial charge in [-0.05, 0) is 51.3 Å². The van der Waals surface area contributed by atoms with Crippen LogP contribution >= 0.6 is 0 Å². The maximum absolute atomic E-state index is 12.0. The molecule has 0 radical (unpaired) electrons. The normalized spacial score (nSPS) is 17.4. The van der Waals surface area contributed by atoms with Gasteiger partial charge in [0.1, 0.15) is 0 Å². The highest BCUT2D eigenvalue weighted by atomic mass is 16.5. The first-order chi connectivity index (χ1) is 11.1. The van der Waals surface area contributed by atoms with E-state index >= 15 is 0 Å². The van der Waals surface area contributed by atoms with Crippen LogP contribution in [0.15, 0.2) is 24.4 Å². The number of amides is 1. The molecule has 2 aromatic rings. The molecule has 0 spiro atoms. The lowest BCUT2D eigenvalue weighted by molar-refractivity contribution is -0.116. The standard InChI is InChI=1S/C17H22N4O2/c1-12-10-13(2)21(20-12)16-7-5-14(11-18-16)19-17(22)8-6-15-4-3-9-23-15/h5,7,10-11,15H,3-4,6,8-9H2,1-2H3,(H,19,22)/t15-/m0/s1. The fourth-order valence-corrected chi connectivity index (χ4v) is 2.83. The Bertz CT molecular complexity index is 672. The van der Waals surface area contributed by atoms with E-state index in [1.54, 1.807) is 10.9 Å². The molecule has 0 bridgehead atoms. The lowest BCUT2D eigenvalue weighted by Crippen LogP contribution is -2.15. The molecular formula is C17H22N4O2. The number of nitrogens with zero attached hydrogens (tertiary/aromatic N) is 3. The summed E-state index contributed by atoms with van der Waals surface area (Å²) in [6, 6.07) is 5.71. The Morgan fingerprint density at radius 2 is 2.30 bits per heavy atom. The summed E-state index contributed by atoms with van der Waals surface area (Å²) in [4.78, 5) is 16.3. The average Bonchev–Trinajstić information content (AvgIpc) is 3.15. The molecule has 1 saturated heterocycles. The van der Waals surface area contributed by atoms with Crippen LogP contribution in [0.5, 0.6) is 0 Å². The number of pyridine rings is 1. The van der Waals surface area contributed by atoms with Crippen LogP contribution in [0.3, 0.4) is 0 Å². The van der Waals surface area contributed by atoms with Gasteiger partial charge in [-0.2, -0.15) is 5.10 Å². The second kappa shape index (κ2) is 6.91. The number of nitrogens with one attached hydrogen (secondary N) is 1. The SMILES string of the molecule is Cc1cc(C)n(-c2ccc(NC(=O)CC[C@@H]3CCCO3)cn2)n1. The molecule has 0 aromatic carbocycles. The summed E-state index contributed by atoms with van der Waals surface area (Å²) < 4.78 is 7.32. The van der Waals surface area contributed by atoms with Gasteiger partial charge in [0.05, 0.1) is 23.7 Å². The lowest BCUT2D eigenvalue weighted by Gasteiger charge is -2.10. The van der Waals surface area contributed by atoms with Crippen molar-refractivity contribution in [3.05, 3.63) is 35.8 Å². The molecule has 1 fully saturated rings. The Morgan fingerprint density at radius 1 is 1.43 bits per heavy atom. The largest absolute Gasteiger partial charge is 0.378 e. The van der Waals surface area contributed by atoms with E-state index in [9.17, 15) is 4.79 Å². The average molecular weight is 314 g/mol. The van der Waals surface area contributed by atoms with Gasteiger partial charge >= 0.3 is 0 Å². The molecule has 1 atom stereocenters. The summed E-state index contributed by atoms with van der Waals surface area (Å²) in [6.07, 6.45) is 5.33. The van der Waals surface area contributed by atoms with Gasteiger partial charge in [0.25, 0.3) is 0 Å². The van der Waals surface area contributed by atoms with E-state index < -0.39 is 0 Å².